The van der Waals surface area contributed by atoms with Crippen LogP contribution in [0.15, 0.2) is 88.3 Å². The minimum absolute atomic E-state index is 0. The molecule has 0 saturated carbocycles. The Bertz CT molecular complexity index is 1220. The van der Waals surface area contributed by atoms with Crippen molar-refractivity contribution in [3.05, 3.63) is 73.2 Å². The number of rotatable bonds is 24. The van der Waals surface area contributed by atoms with Crippen LogP contribution in [-0.4, -0.2) is 105 Å². The fourth-order valence-electron chi connectivity index (χ4n) is 3.04. The normalized spacial score (nSPS) is 9.83. The predicted octanol–water partition coefficient (Wildman–Crippen LogP) is 7.06. The van der Waals surface area contributed by atoms with Crippen LogP contribution in [0.25, 0.3) is 0 Å². The van der Waals surface area contributed by atoms with E-state index in [0.29, 0.717) is 64.8 Å². The smallest absolute Gasteiger partial charge is 0.245 e. The van der Waals surface area contributed by atoms with Crippen LogP contribution in [-0.2, 0) is 33.3 Å². The zero-order valence-electron chi connectivity index (χ0n) is 29.0. The number of ether oxygens (including phenoxy) is 4. The molecule has 3 aromatic rings. The molecule has 0 unspecified atom stereocenters. The van der Waals surface area contributed by atoms with Gasteiger partial charge in [0.15, 0.2) is 5.78 Å². The van der Waals surface area contributed by atoms with E-state index in [4.69, 9.17) is 18.9 Å². The van der Waals surface area contributed by atoms with Crippen molar-refractivity contribution in [3.8, 4) is 0 Å². The van der Waals surface area contributed by atoms with Gasteiger partial charge in [-0.25, -0.2) is 15.0 Å². The Morgan fingerprint density at radius 2 is 1.12 bits per heavy atom. The van der Waals surface area contributed by atoms with Gasteiger partial charge in [0.1, 0.15) is 28.3 Å². The topological polar surface area (TPSA) is 151 Å². The Kier molecular flexibility index (Phi) is 37.6. The lowest BCUT2D eigenvalue weighted by atomic mass is 10.2. The highest BCUT2D eigenvalue weighted by Gasteiger charge is 2.05. The Hall–Kier alpha value is -2.70. The second-order valence-corrected chi connectivity index (χ2v) is 14.2. The molecule has 0 radical (unpaired) electrons. The van der Waals surface area contributed by atoms with Crippen molar-refractivity contribution in [1.29, 1.82) is 0 Å². The van der Waals surface area contributed by atoms with Crippen molar-refractivity contribution in [1.82, 2.24) is 25.6 Å². The van der Waals surface area contributed by atoms with Gasteiger partial charge in [-0.3, -0.25) is 14.4 Å². The highest BCUT2D eigenvalue weighted by molar-refractivity contribution is 8.77. The molecule has 0 saturated heterocycles. The molecule has 2 N–H and O–H groups in total. The summed E-state index contributed by atoms with van der Waals surface area (Å²) in [5.41, 5.74) is 0. The van der Waals surface area contributed by atoms with Crippen LogP contribution in [0.5, 0.6) is 0 Å². The van der Waals surface area contributed by atoms with Gasteiger partial charge >= 0.3 is 0 Å². The number of hydrogen-bond acceptors (Lipinski definition) is 14. The minimum atomic E-state index is -0.181. The fourth-order valence-corrected chi connectivity index (χ4v) is 6.57. The van der Waals surface area contributed by atoms with Gasteiger partial charge in [-0.1, -0.05) is 64.1 Å². The average molecular weight is 800 g/mol. The van der Waals surface area contributed by atoms with E-state index in [1.54, 1.807) is 47.2 Å². The maximum absolute atomic E-state index is 11.7. The number of aromatic nitrogens is 3. The van der Waals surface area contributed by atoms with Crippen LogP contribution >= 0.6 is 43.2 Å². The number of carbonyl (C=O) groups is 3. The van der Waals surface area contributed by atoms with E-state index in [9.17, 15) is 14.4 Å². The summed E-state index contributed by atoms with van der Waals surface area (Å²) in [5.74, 6) is 0.0970. The molecule has 3 heterocycles. The van der Waals surface area contributed by atoms with E-state index in [1.807, 2.05) is 54.6 Å². The van der Waals surface area contributed by atoms with E-state index < -0.39 is 0 Å². The molecule has 0 atom stereocenters. The molecule has 16 heteroatoms. The Morgan fingerprint density at radius 1 is 0.635 bits per heavy atom. The predicted molar refractivity (Wildman–Crippen MR) is 217 cm³/mol. The molecule has 0 aromatic carbocycles. The van der Waals surface area contributed by atoms with Gasteiger partial charge in [-0.2, -0.15) is 0 Å². The Labute approximate surface area is 326 Å². The van der Waals surface area contributed by atoms with E-state index in [-0.39, 0.29) is 45.7 Å². The van der Waals surface area contributed by atoms with Crippen molar-refractivity contribution in [3.63, 3.8) is 0 Å². The third-order valence-corrected chi connectivity index (χ3v) is 9.60. The first-order valence-corrected chi connectivity index (χ1v) is 20.6. The first kappa shape index (κ1) is 51.4. The zero-order chi connectivity index (χ0) is 36.3. The number of Topliss-reactive ketones (excluding diaryl/α,β-unsaturated/α-hetero) is 1. The summed E-state index contributed by atoms with van der Waals surface area (Å²) >= 11 is 0. The van der Waals surface area contributed by atoms with E-state index in [0.717, 1.165) is 15.1 Å². The molecule has 0 aliphatic heterocycles. The summed E-state index contributed by atoms with van der Waals surface area (Å²) < 4.78 is 21.1. The number of nitrogens with zero attached hydrogens (tertiary/aromatic N) is 3. The van der Waals surface area contributed by atoms with Crippen molar-refractivity contribution in [2.45, 2.75) is 63.0 Å². The van der Waals surface area contributed by atoms with Crippen molar-refractivity contribution in [2.24, 2.45) is 0 Å². The largest absolute Gasteiger partial charge is 0.379 e. The van der Waals surface area contributed by atoms with E-state index >= 15 is 0 Å². The molecule has 3 rings (SSSR count). The van der Waals surface area contributed by atoms with Crippen LogP contribution in [0.3, 0.4) is 0 Å². The number of nitrogens with one attached hydrogen (secondary N) is 2. The summed E-state index contributed by atoms with van der Waals surface area (Å²) in [7, 11) is 7.67. The lowest BCUT2D eigenvalue weighted by Gasteiger charge is -2.07. The number of hydrogen-bond donors (Lipinski definition) is 2. The second-order valence-electron chi connectivity index (χ2n) is 9.72. The average Bonchev–Trinajstić information content (AvgIpc) is 3.14. The third-order valence-electron chi connectivity index (χ3n) is 5.29. The summed E-state index contributed by atoms with van der Waals surface area (Å²) in [4.78, 5) is 47.0. The summed E-state index contributed by atoms with van der Waals surface area (Å²) in [6.07, 6.45) is 7.53. The van der Waals surface area contributed by atoms with Crippen molar-refractivity contribution < 1.29 is 33.3 Å². The zero-order valence-corrected chi connectivity index (χ0v) is 32.2. The molecule has 0 fully saturated rings. The molecular formula is C36H57N5O7S4. The maximum atomic E-state index is 11.7. The first-order chi connectivity index (χ1) is 24.5. The quantitative estimate of drug-likeness (QED) is 0.0703. The molecule has 3 aromatic heterocycles. The number of likely N-dealkylation sites (N-methyl/N-ethyl adjacent to an activating group) is 1. The number of pyridine rings is 3. The Morgan fingerprint density at radius 3 is 1.62 bits per heavy atom. The molecule has 0 aliphatic carbocycles. The van der Waals surface area contributed by atoms with E-state index in [2.05, 4.69) is 39.4 Å². The van der Waals surface area contributed by atoms with Crippen molar-refractivity contribution in [2.75, 3.05) is 72.2 Å². The monoisotopic (exact) mass is 799 g/mol. The molecule has 0 spiro atoms. The van der Waals surface area contributed by atoms with Crippen LogP contribution in [0.2, 0.25) is 0 Å². The van der Waals surface area contributed by atoms with E-state index in [1.165, 1.54) is 28.0 Å². The van der Waals surface area contributed by atoms with Gasteiger partial charge in [-0.05, 0) is 75.2 Å². The van der Waals surface area contributed by atoms with Crippen molar-refractivity contribution >= 4 is 60.8 Å². The second kappa shape index (κ2) is 38.0. The fraction of sp³-hybridized carbons (Fsp3) is 0.500. The van der Waals surface area contributed by atoms with Gasteiger partial charge in [0.2, 0.25) is 11.8 Å². The van der Waals surface area contributed by atoms with Gasteiger partial charge in [-0.15, -0.1) is 0 Å². The molecule has 0 aliphatic rings. The molecule has 0 bridgehead atoms. The molecular weight excluding hydrogens is 743 g/mol. The molecule has 292 valence electrons. The molecule has 2 amide bonds. The Balaban J connectivity index is 0. The lowest BCUT2D eigenvalue weighted by Crippen LogP contribution is -2.29. The van der Waals surface area contributed by atoms with Crippen LogP contribution in [0.4, 0.5) is 0 Å². The lowest BCUT2D eigenvalue weighted by molar-refractivity contribution is -0.126. The molecule has 52 heavy (non-hydrogen) atoms. The number of ketones is 1. The summed E-state index contributed by atoms with van der Waals surface area (Å²) in [6.45, 7) is 6.93. The maximum Gasteiger partial charge on any atom is 0.245 e. The van der Waals surface area contributed by atoms with Gasteiger partial charge in [0.05, 0.1) is 38.8 Å². The SMILES string of the molecule is C.C.CCC.CNC(=O)COCCOCCCC(=O)COCCOCCNC(=O)CSSc1ccccn1.c1ccc(SSc2ccccn2)nc1. The van der Waals surface area contributed by atoms with Gasteiger partial charge < -0.3 is 29.6 Å². The van der Waals surface area contributed by atoms with Crippen LogP contribution in [0.1, 0.15) is 48.0 Å². The number of amides is 2. The minimum Gasteiger partial charge on any atom is -0.379 e. The number of carbonyl (C=O) groups excluding carboxylic acids is 3. The van der Waals surface area contributed by atoms with Gasteiger partial charge in [0.25, 0.3) is 0 Å². The van der Waals surface area contributed by atoms with Crippen LogP contribution in [0, 0.1) is 0 Å². The summed E-state index contributed by atoms with van der Waals surface area (Å²) in [6, 6.07) is 17.4. The highest BCUT2D eigenvalue weighted by atomic mass is 33.1. The third kappa shape index (κ3) is 32.0. The molecule has 12 nitrogen and oxygen atoms in total. The highest BCUT2D eigenvalue weighted by Crippen LogP contribution is 2.34. The first-order valence-electron chi connectivity index (χ1n) is 16.1. The van der Waals surface area contributed by atoms with Crippen LogP contribution < -0.4 is 10.6 Å². The standard InChI is InChI=1S/C21H33N3O7S2.C10H8N2S2.C3H8.2CH4/c1-22-19(26)16-31-14-11-28-9-4-5-18(25)15-30-13-12-29-10-8-23-20(27)17-32-33-21-6-2-3-7-24-21;1-3-7-11-9(5-1)13-14-10-6-2-4-8-12-10;1-3-2;;/h2-3,6-7H,4-5,8-17H2,1H3,(H,22,26)(H,23,27);1-8H;3H2,1-2H3;2*1H4. The van der Waals surface area contributed by atoms with Gasteiger partial charge in [0, 0.05) is 45.2 Å². The summed E-state index contributed by atoms with van der Waals surface area (Å²) in [5, 5.41) is 8.11.